The molecule has 0 fully saturated rings. The fraction of sp³-hybridized carbons (Fsp3) is 0.238. The zero-order valence-corrected chi connectivity index (χ0v) is 15.9. The first-order valence-electron chi connectivity index (χ1n) is 8.66. The van der Waals surface area contributed by atoms with Gasteiger partial charge in [0.15, 0.2) is 11.4 Å². The second-order valence-corrected chi connectivity index (χ2v) is 7.83. The molecule has 1 N–H and O–H groups in total. The molecule has 4 rings (SSSR count). The summed E-state index contributed by atoms with van der Waals surface area (Å²) in [5.74, 6) is -0.276. The van der Waals surface area contributed by atoms with Crippen LogP contribution in [0.25, 0.3) is 0 Å². The van der Waals surface area contributed by atoms with Crippen LogP contribution in [0.4, 0.5) is 5.69 Å². The Morgan fingerprint density at radius 1 is 1.22 bits per heavy atom. The van der Waals surface area contributed by atoms with E-state index < -0.39 is 11.5 Å². The second-order valence-electron chi connectivity index (χ2n) is 6.80. The maximum atomic E-state index is 13.2. The highest BCUT2D eigenvalue weighted by atomic mass is 32.1. The number of thiophene rings is 1. The molecule has 1 unspecified atom stereocenters. The van der Waals surface area contributed by atoms with Gasteiger partial charge in [-0.3, -0.25) is 9.59 Å². The van der Waals surface area contributed by atoms with Gasteiger partial charge in [-0.15, -0.1) is 11.3 Å². The number of fused-ring (bicyclic) bond motifs is 1. The summed E-state index contributed by atoms with van der Waals surface area (Å²) in [5, 5.41) is 13.3. The molecule has 138 valence electrons. The van der Waals surface area contributed by atoms with Gasteiger partial charge in [0.2, 0.25) is 0 Å². The number of ketones is 1. The van der Waals surface area contributed by atoms with E-state index in [0.717, 1.165) is 4.88 Å². The predicted molar refractivity (Wildman–Crippen MR) is 103 cm³/mol. The normalized spacial score (nSPS) is 18.8. The number of hydrogen-bond acceptors (Lipinski definition) is 5. The van der Waals surface area contributed by atoms with E-state index in [0.29, 0.717) is 34.7 Å². The molecule has 2 aromatic heterocycles. The number of carbonyl (C=O) groups excluding carboxylic acids is 2. The van der Waals surface area contributed by atoms with Gasteiger partial charge in [0.05, 0.1) is 30.5 Å². The van der Waals surface area contributed by atoms with Crippen LogP contribution in [0.15, 0.2) is 52.5 Å². The van der Waals surface area contributed by atoms with Crippen molar-refractivity contribution in [2.45, 2.75) is 32.4 Å². The molecule has 27 heavy (non-hydrogen) atoms. The lowest BCUT2D eigenvalue weighted by atomic mass is 9.87. The molecule has 1 aliphatic rings. The molecule has 0 aliphatic carbocycles. The third-order valence-corrected chi connectivity index (χ3v) is 5.85. The quantitative estimate of drug-likeness (QED) is 0.679. The van der Waals surface area contributed by atoms with Crippen molar-refractivity contribution in [1.82, 2.24) is 0 Å². The molecule has 3 aromatic rings. The zero-order chi connectivity index (χ0) is 19.2. The molecule has 0 saturated carbocycles. The summed E-state index contributed by atoms with van der Waals surface area (Å²) < 4.78 is 5.30. The molecule has 5 nitrogen and oxygen atoms in total. The number of nitrogens with zero attached hydrogens (tertiary/aromatic N) is 1. The van der Waals surface area contributed by atoms with E-state index in [1.54, 1.807) is 48.3 Å². The largest absolute Gasteiger partial charge is 0.469 e. The van der Waals surface area contributed by atoms with E-state index >= 15 is 0 Å². The molecule has 6 heteroatoms. The third-order valence-electron chi connectivity index (χ3n) is 4.99. The van der Waals surface area contributed by atoms with Crippen molar-refractivity contribution >= 4 is 28.7 Å². The number of rotatable bonds is 5. The first-order valence-corrected chi connectivity index (χ1v) is 9.54. The molecule has 1 amide bonds. The topological polar surface area (TPSA) is 70.7 Å². The predicted octanol–water partition coefficient (Wildman–Crippen LogP) is 3.97. The zero-order valence-electron chi connectivity index (χ0n) is 15.1. The van der Waals surface area contributed by atoms with E-state index in [9.17, 15) is 14.7 Å². The average molecular weight is 381 g/mol. The SMILES string of the molecule is Cc1coc(C)c1C(=O)CC1(O)C(=O)N(Cc2cccs2)c2ccccc21. The number of para-hydroxylation sites is 1. The highest BCUT2D eigenvalue weighted by molar-refractivity contribution is 7.09. The van der Waals surface area contributed by atoms with Crippen molar-refractivity contribution < 1.29 is 19.1 Å². The monoisotopic (exact) mass is 381 g/mol. The minimum Gasteiger partial charge on any atom is -0.469 e. The van der Waals surface area contributed by atoms with Crippen LogP contribution >= 0.6 is 11.3 Å². The summed E-state index contributed by atoms with van der Waals surface area (Å²) in [5.41, 5.74) is 0.382. The number of amides is 1. The molecule has 0 spiro atoms. The van der Waals surface area contributed by atoms with Crippen LogP contribution in [0.1, 0.15) is 38.5 Å². The highest BCUT2D eigenvalue weighted by Gasteiger charge is 2.51. The number of hydrogen-bond donors (Lipinski definition) is 1. The van der Waals surface area contributed by atoms with E-state index in [4.69, 9.17) is 4.42 Å². The fourth-order valence-electron chi connectivity index (χ4n) is 3.70. The maximum Gasteiger partial charge on any atom is 0.264 e. The number of furan rings is 1. The average Bonchev–Trinajstić information content (AvgIpc) is 3.32. The van der Waals surface area contributed by atoms with Crippen LogP contribution < -0.4 is 4.90 Å². The van der Waals surface area contributed by atoms with Crippen LogP contribution in [0, 0.1) is 13.8 Å². The Labute approximate surface area is 160 Å². The summed E-state index contributed by atoms with van der Waals surface area (Å²) in [7, 11) is 0. The Balaban J connectivity index is 1.71. The van der Waals surface area contributed by atoms with Crippen LogP contribution in [0.5, 0.6) is 0 Å². The maximum absolute atomic E-state index is 13.2. The van der Waals surface area contributed by atoms with Crippen molar-refractivity contribution in [1.29, 1.82) is 0 Å². The Bertz CT molecular complexity index is 1000. The Morgan fingerprint density at radius 2 is 2.00 bits per heavy atom. The van der Waals surface area contributed by atoms with Crippen molar-refractivity contribution in [3.63, 3.8) is 0 Å². The van der Waals surface area contributed by atoms with Crippen molar-refractivity contribution in [2.75, 3.05) is 4.90 Å². The summed E-state index contributed by atoms with van der Waals surface area (Å²) >= 11 is 1.55. The van der Waals surface area contributed by atoms with Gasteiger partial charge >= 0.3 is 0 Å². The summed E-state index contributed by atoms with van der Waals surface area (Å²) in [6.45, 7) is 3.85. The number of benzene rings is 1. The molecule has 0 saturated heterocycles. The molecular formula is C21H19NO4S. The first-order chi connectivity index (χ1) is 12.9. The number of carbonyl (C=O) groups is 2. The van der Waals surface area contributed by atoms with Crippen molar-refractivity contribution in [3.05, 3.63) is 75.4 Å². The van der Waals surface area contributed by atoms with Crippen LogP contribution in [-0.2, 0) is 16.9 Å². The number of anilines is 1. The lowest BCUT2D eigenvalue weighted by Crippen LogP contribution is -2.41. The van der Waals surface area contributed by atoms with Gasteiger partial charge in [-0.2, -0.15) is 0 Å². The second kappa shape index (κ2) is 6.48. The molecule has 3 heterocycles. The van der Waals surface area contributed by atoms with Gasteiger partial charge in [0, 0.05) is 10.4 Å². The van der Waals surface area contributed by atoms with Gasteiger partial charge in [-0.25, -0.2) is 0 Å². The van der Waals surface area contributed by atoms with E-state index in [-0.39, 0.29) is 12.2 Å². The van der Waals surface area contributed by atoms with Crippen LogP contribution in [-0.4, -0.2) is 16.8 Å². The van der Waals surface area contributed by atoms with Gasteiger partial charge in [-0.05, 0) is 36.9 Å². The van der Waals surface area contributed by atoms with E-state index in [2.05, 4.69) is 0 Å². The van der Waals surface area contributed by atoms with Gasteiger partial charge in [0.1, 0.15) is 5.76 Å². The first kappa shape index (κ1) is 17.7. The molecular weight excluding hydrogens is 362 g/mol. The Kier molecular flexibility index (Phi) is 4.25. The van der Waals surface area contributed by atoms with Crippen molar-refractivity contribution in [2.24, 2.45) is 0 Å². The summed E-state index contributed by atoms with van der Waals surface area (Å²) in [6, 6.07) is 11.0. The van der Waals surface area contributed by atoms with E-state index in [1.165, 1.54) is 6.26 Å². The highest BCUT2D eigenvalue weighted by Crippen LogP contribution is 2.44. The van der Waals surface area contributed by atoms with Gasteiger partial charge in [-0.1, -0.05) is 24.3 Å². The molecule has 1 atom stereocenters. The fourth-order valence-corrected chi connectivity index (χ4v) is 4.39. The molecule has 0 radical (unpaired) electrons. The smallest absolute Gasteiger partial charge is 0.264 e. The number of aliphatic hydroxyl groups is 1. The Morgan fingerprint density at radius 3 is 2.67 bits per heavy atom. The summed E-state index contributed by atoms with van der Waals surface area (Å²) in [4.78, 5) is 28.7. The number of aryl methyl sites for hydroxylation is 2. The van der Waals surface area contributed by atoms with E-state index in [1.807, 2.05) is 23.6 Å². The molecule has 0 bridgehead atoms. The summed E-state index contributed by atoms with van der Waals surface area (Å²) in [6.07, 6.45) is 1.20. The molecule has 1 aliphatic heterocycles. The van der Waals surface area contributed by atoms with Crippen molar-refractivity contribution in [3.8, 4) is 0 Å². The standard InChI is InChI=1S/C21H19NO4S/c1-13-12-26-14(2)19(13)18(23)10-21(25)16-7-3-4-8-17(16)22(20(21)24)11-15-6-5-9-27-15/h3-9,12,25H,10-11H2,1-2H3. The number of Topliss-reactive ketones (excluding diaryl/α,β-unsaturated/α-hetero) is 1. The molecule has 1 aromatic carbocycles. The Hall–Kier alpha value is -2.70. The minimum absolute atomic E-state index is 0.303. The minimum atomic E-state index is -1.87. The van der Waals surface area contributed by atoms with Crippen LogP contribution in [0.2, 0.25) is 0 Å². The lowest BCUT2D eigenvalue weighted by molar-refractivity contribution is -0.136. The lowest BCUT2D eigenvalue weighted by Gasteiger charge is -2.22. The van der Waals surface area contributed by atoms with Crippen LogP contribution in [0.3, 0.4) is 0 Å². The van der Waals surface area contributed by atoms with Gasteiger partial charge < -0.3 is 14.4 Å². The third kappa shape index (κ3) is 2.81. The van der Waals surface area contributed by atoms with Gasteiger partial charge in [0.25, 0.3) is 5.91 Å².